The second-order valence-corrected chi connectivity index (χ2v) is 6.01. The summed E-state index contributed by atoms with van der Waals surface area (Å²) in [6.07, 6.45) is -2.41. The van der Waals surface area contributed by atoms with Gasteiger partial charge >= 0.3 is 6.18 Å². The Labute approximate surface area is 167 Å². The number of carbonyl (C=O) groups is 1. The molecule has 0 aliphatic rings. The zero-order valence-electron chi connectivity index (χ0n) is 15.4. The quantitative estimate of drug-likeness (QED) is 0.373. The number of aromatic nitrogens is 1. The number of pyridine rings is 1. The SMILES string of the molecule is COc1cc(F)ccc1Oc1cc(C(F)(F)F)ccc1C(=O)Nc1ccc[n+]([O-])c1. The number of halogens is 4. The fourth-order valence-corrected chi connectivity index (χ4v) is 2.54. The smallest absolute Gasteiger partial charge is 0.416 e. The van der Waals surface area contributed by atoms with Gasteiger partial charge in [0, 0.05) is 12.1 Å². The molecule has 0 radical (unpaired) electrons. The minimum atomic E-state index is -4.69. The molecule has 0 atom stereocenters. The standard InChI is InChI=1S/C20H14F4N2O4/c1-29-18-10-13(21)5-7-16(18)30-17-9-12(20(22,23)24)4-6-15(17)19(27)25-14-3-2-8-26(28)11-14/h2-11H,1H3,(H,25,27). The van der Waals surface area contributed by atoms with Gasteiger partial charge in [-0.1, -0.05) is 0 Å². The Hall–Kier alpha value is -3.82. The molecule has 1 amide bonds. The van der Waals surface area contributed by atoms with Crippen LogP contribution in [-0.2, 0) is 6.18 Å². The molecule has 0 bridgehead atoms. The summed E-state index contributed by atoms with van der Waals surface area (Å²) in [5.41, 5.74) is -1.16. The number of amides is 1. The molecule has 0 unspecified atom stereocenters. The van der Waals surface area contributed by atoms with Crippen molar-refractivity contribution in [3.63, 3.8) is 0 Å². The van der Waals surface area contributed by atoms with Crippen molar-refractivity contribution in [1.29, 1.82) is 0 Å². The van der Waals surface area contributed by atoms with Gasteiger partial charge in [-0.15, -0.1) is 0 Å². The highest BCUT2D eigenvalue weighted by Crippen LogP contribution is 2.38. The number of hydrogen-bond donors (Lipinski definition) is 1. The number of ether oxygens (including phenoxy) is 2. The normalized spacial score (nSPS) is 11.1. The largest absolute Gasteiger partial charge is 0.619 e. The van der Waals surface area contributed by atoms with Crippen LogP contribution in [0.5, 0.6) is 17.2 Å². The molecule has 3 rings (SSSR count). The van der Waals surface area contributed by atoms with Crippen molar-refractivity contribution in [1.82, 2.24) is 0 Å². The molecule has 30 heavy (non-hydrogen) atoms. The van der Waals surface area contributed by atoms with Crippen LogP contribution in [0.1, 0.15) is 15.9 Å². The lowest BCUT2D eigenvalue weighted by atomic mass is 10.1. The summed E-state index contributed by atoms with van der Waals surface area (Å²) in [5.74, 6) is -2.06. The molecule has 0 saturated heterocycles. The maximum Gasteiger partial charge on any atom is 0.416 e. The van der Waals surface area contributed by atoms with Gasteiger partial charge in [0.1, 0.15) is 17.3 Å². The number of nitrogens with one attached hydrogen (secondary N) is 1. The van der Waals surface area contributed by atoms with E-state index in [-0.39, 0.29) is 22.7 Å². The fraction of sp³-hybridized carbons (Fsp3) is 0.100. The van der Waals surface area contributed by atoms with Gasteiger partial charge in [0.25, 0.3) is 5.91 Å². The Balaban J connectivity index is 2.01. The molecule has 0 spiro atoms. The first-order valence-corrected chi connectivity index (χ1v) is 8.40. The van der Waals surface area contributed by atoms with Gasteiger partial charge in [-0.05, 0) is 36.4 Å². The Morgan fingerprint density at radius 3 is 2.50 bits per heavy atom. The van der Waals surface area contributed by atoms with Gasteiger partial charge in [0.05, 0.1) is 18.2 Å². The van der Waals surface area contributed by atoms with Gasteiger partial charge in [-0.25, -0.2) is 4.39 Å². The van der Waals surface area contributed by atoms with E-state index < -0.39 is 29.2 Å². The second kappa shape index (κ2) is 8.27. The van der Waals surface area contributed by atoms with Crippen molar-refractivity contribution < 1.29 is 36.6 Å². The van der Waals surface area contributed by atoms with Crippen LogP contribution in [0.3, 0.4) is 0 Å². The third-order valence-corrected chi connectivity index (χ3v) is 3.93. The van der Waals surface area contributed by atoms with E-state index in [0.29, 0.717) is 10.8 Å². The molecule has 0 aliphatic heterocycles. The third kappa shape index (κ3) is 4.77. The number of alkyl halides is 3. The first kappa shape index (κ1) is 20.9. The third-order valence-electron chi connectivity index (χ3n) is 3.93. The van der Waals surface area contributed by atoms with Gasteiger partial charge < -0.3 is 20.0 Å². The molecule has 6 nitrogen and oxygen atoms in total. The molecule has 0 saturated carbocycles. The predicted octanol–water partition coefficient (Wildman–Crippen LogP) is 4.53. The van der Waals surface area contributed by atoms with Crippen molar-refractivity contribution in [2.75, 3.05) is 12.4 Å². The molecular formula is C20H14F4N2O4. The second-order valence-electron chi connectivity index (χ2n) is 6.01. The minimum Gasteiger partial charge on any atom is -0.619 e. The van der Waals surface area contributed by atoms with E-state index in [1.807, 2.05) is 0 Å². The van der Waals surface area contributed by atoms with Crippen molar-refractivity contribution in [2.24, 2.45) is 0 Å². The van der Waals surface area contributed by atoms with Crippen LogP contribution in [0, 0.1) is 11.0 Å². The molecule has 156 valence electrons. The maximum atomic E-state index is 13.4. The molecule has 0 fully saturated rings. The zero-order chi connectivity index (χ0) is 21.9. The summed E-state index contributed by atoms with van der Waals surface area (Å²) < 4.78 is 63.8. The first-order valence-electron chi connectivity index (χ1n) is 8.40. The van der Waals surface area contributed by atoms with Crippen LogP contribution in [0.2, 0.25) is 0 Å². The lowest BCUT2D eigenvalue weighted by molar-refractivity contribution is -0.604. The minimum absolute atomic E-state index is 0.0748. The van der Waals surface area contributed by atoms with Crippen LogP contribution in [0.25, 0.3) is 0 Å². The summed E-state index contributed by atoms with van der Waals surface area (Å²) in [5, 5.41) is 13.7. The summed E-state index contributed by atoms with van der Waals surface area (Å²) in [4.78, 5) is 12.6. The van der Waals surface area contributed by atoms with Crippen molar-refractivity contribution in [3.05, 3.63) is 83.1 Å². The van der Waals surface area contributed by atoms with Crippen LogP contribution >= 0.6 is 0 Å². The van der Waals surface area contributed by atoms with Crippen LogP contribution in [-0.4, -0.2) is 13.0 Å². The van der Waals surface area contributed by atoms with Crippen molar-refractivity contribution in [2.45, 2.75) is 6.18 Å². The Kier molecular flexibility index (Phi) is 5.77. The number of hydrogen-bond acceptors (Lipinski definition) is 4. The topological polar surface area (TPSA) is 74.5 Å². The number of methoxy groups -OCH3 is 1. The lowest BCUT2D eigenvalue weighted by Crippen LogP contribution is -2.25. The highest BCUT2D eigenvalue weighted by atomic mass is 19.4. The highest BCUT2D eigenvalue weighted by Gasteiger charge is 2.32. The molecule has 2 aromatic carbocycles. The predicted molar refractivity (Wildman–Crippen MR) is 97.8 cm³/mol. The summed E-state index contributed by atoms with van der Waals surface area (Å²) in [6.45, 7) is 0. The molecule has 0 aliphatic carbocycles. The molecule has 10 heteroatoms. The summed E-state index contributed by atoms with van der Waals surface area (Å²) in [7, 11) is 1.23. The van der Waals surface area contributed by atoms with Gasteiger partial charge in [-0.3, -0.25) is 4.79 Å². The number of anilines is 1. The number of benzene rings is 2. The van der Waals surface area contributed by atoms with Crippen molar-refractivity contribution >= 4 is 11.6 Å². The van der Waals surface area contributed by atoms with Crippen molar-refractivity contribution in [3.8, 4) is 17.2 Å². The number of nitrogens with zero attached hydrogens (tertiary/aromatic N) is 1. The van der Waals surface area contributed by atoms with E-state index in [1.54, 1.807) is 0 Å². The van der Waals surface area contributed by atoms with Gasteiger partial charge in [0.2, 0.25) is 6.20 Å². The van der Waals surface area contributed by atoms with E-state index in [1.165, 1.54) is 25.4 Å². The number of carbonyl (C=O) groups excluding carboxylic acids is 1. The summed E-state index contributed by atoms with van der Waals surface area (Å²) >= 11 is 0. The zero-order valence-corrected chi connectivity index (χ0v) is 15.4. The maximum absolute atomic E-state index is 13.4. The van der Waals surface area contributed by atoms with Crippen LogP contribution in [0.4, 0.5) is 23.2 Å². The molecular weight excluding hydrogens is 408 g/mol. The highest BCUT2D eigenvalue weighted by molar-refractivity contribution is 6.06. The first-order chi connectivity index (χ1) is 14.2. The monoisotopic (exact) mass is 422 g/mol. The Bertz CT molecular complexity index is 1090. The van der Waals surface area contributed by atoms with E-state index in [4.69, 9.17) is 9.47 Å². The van der Waals surface area contributed by atoms with Crippen LogP contribution < -0.4 is 19.5 Å². The average Bonchev–Trinajstić information content (AvgIpc) is 2.68. The number of rotatable bonds is 5. The van der Waals surface area contributed by atoms with E-state index >= 15 is 0 Å². The molecule has 1 N–H and O–H groups in total. The molecule has 3 aromatic rings. The summed E-state index contributed by atoms with van der Waals surface area (Å²) in [6, 6.07) is 8.31. The molecule has 1 aromatic heterocycles. The fourth-order valence-electron chi connectivity index (χ4n) is 2.54. The van der Waals surface area contributed by atoms with E-state index in [2.05, 4.69) is 5.32 Å². The van der Waals surface area contributed by atoms with E-state index in [0.717, 1.165) is 36.5 Å². The average molecular weight is 422 g/mol. The van der Waals surface area contributed by atoms with Crippen LogP contribution in [0.15, 0.2) is 60.9 Å². The van der Waals surface area contributed by atoms with E-state index in [9.17, 15) is 27.6 Å². The lowest BCUT2D eigenvalue weighted by Gasteiger charge is -2.16. The van der Waals surface area contributed by atoms with Gasteiger partial charge in [0.15, 0.2) is 17.7 Å². The molecule has 1 heterocycles. The van der Waals surface area contributed by atoms with Gasteiger partial charge in [-0.2, -0.15) is 17.9 Å². The Morgan fingerprint density at radius 2 is 1.83 bits per heavy atom. The Morgan fingerprint density at radius 1 is 1.07 bits per heavy atom.